The molecule has 0 aromatic heterocycles. The van der Waals surface area contributed by atoms with Gasteiger partial charge in [-0.3, -0.25) is 4.79 Å². The van der Waals surface area contributed by atoms with Crippen LogP contribution in [0.4, 0.5) is 4.79 Å². The predicted octanol–water partition coefficient (Wildman–Crippen LogP) is 2.71. The van der Waals surface area contributed by atoms with Gasteiger partial charge in [-0.2, -0.15) is 0 Å². The van der Waals surface area contributed by atoms with Gasteiger partial charge >= 0.3 is 12.0 Å². The Bertz CT molecular complexity index is 333. The summed E-state index contributed by atoms with van der Waals surface area (Å²) in [5, 5.41) is 11.8. The molecule has 0 aromatic carbocycles. The molecule has 5 nitrogen and oxygen atoms in total. The number of nitrogens with zero attached hydrogens (tertiary/aromatic N) is 1. The fraction of sp³-hybridized carbons (Fsp3) is 0.867. The van der Waals surface area contributed by atoms with Crippen LogP contribution in [0, 0.1) is 11.8 Å². The Labute approximate surface area is 121 Å². The van der Waals surface area contributed by atoms with Gasteiger partial charge in [-0.25, -0.2) is 4.79 Å². The lowest BCUT2D eigenvalue weighted by atomic mass is 9.82. The molecule has 1 aliphatic carbocycles. The van der Waals surface area contributed by atoms with Crippen molar-refractivity contribution in [2.45, 2.75) is 58.9 Å². The van der Waals surface area contributed by atoms with Crippen molar-refractivity contribution < 1.29 is 14.7 Å². The molecule has 0 aliphatic heterocycles. The highest BCUT2D eigenvalue weighted by Crippen LogP contribution is 2.27. The highest BCUT2D eigenvalue weighted by molar-refractivity contribution is 5.75. The second kappa shape index (κ2) is 8.12. The lowest BCUT2D eigenvalue weighted by Crippen LogP contribution is -2.47. The Morgan fingerprint density at radius 2 is 2.10 bits per heavy atom. The van der Waals surface area contributed by atoms with E-state index >= 15 is 0 Å². The molecule has 2 N–H and O–H groups in total. The van der Waals surface area contributed by atoms with Crippen LogP contribution >= 0.6 is 0 Å². The van der Waals surface area contributed by atoms with Gasteiger partial charge in [-0.15, -0.1) is 0 Å². The maximum atomic E-state index is 12.1. The van der Waals surface area contributed by atoms with Gasteiger partial charge in [-0.1, -0.05) is 19.8 Å². The molecular weight excluding hydrogens is 256 g/mol. The van der Waals surface area contributed by atoms with Crippen molar-refractivity contribution in [3.05, 3.63) is 0 Å². The number of hydrogen-bond donors (Lipinski definition) is 2. The van der Waals surface area contributed by atoms with Crippen molar-refractivity contribution in [3.8, 4) is 0 Å². The summed E-state index contributed by atoms with van der Waals surface area (Å²) in [5.74, 6) is 0.444. The molecule has 3 unspecified atom stereocenters. The number of hydrogen-bond acceptors (Lipinski definition) is 2. The fourth-order valence-corrected chi connectivity index (χ4v) is 3.10. The zero-order valence-electron chi connectivity index (χ0n) is 12.9. The van der Waals surface area contributed by atoms with Gasteiger partial charge < -0.3 is 15.3 Å². The monoisotopic (exact) mass is 284 g/mol. The Morgan fingerprint density at radius 1 is 1.40 bits per heavy atom. The summed E-state index contributed by atoms with van der Waals surface area (Å²) in [5.41, 5.74) is 0. The van der Waals surface area contributed by atoms with Crippen molar-refractivity contribution in [3.63, 3.8) is 0 Å². The van der Waals surface area contributed by atoms with Crippen LogP contribution in [0.1, 0.15) is 52.9 Å². The van der Waals surface area contributed by atoms with E-state index in [1.165, 1.54) is 25.7 Å². The summed E-state index contributed by atoms with van der Waals surface area (Å²) in [4.78, 5) is 24.5. The number of amides is 2. The van der Waals surface area contributed by atoms with E-state index in [0.29, 0.717) is 19.0 Å². The average Bonchev–Trinajstić information content (AvgIpc) is 2.36. The Morgan fingerprint density at radius 3 is 2.65 bits per heavy atom. The highest BCUT2D eigenvalue weighted by atomic mass is 16.4. The summed E-state index contributed by atoms with van der Waals surface area (Å²) >= 11 is 0. The summed E-state index contributed by atoms with van der Waals surface area (Å²) < 4.78 is 0. The number of rotatable bonds is 6. The quantitative estimate of drug-likeness (QED) is 0.788. The van der Waals surface area contributed by atoms with Crippen LogP contribution in [0.25, 0.3) is 0 Å². The number of carboxylic acid groups (broad SMARTS) is 1. The van der Waals surface area contributed by atoms with E-state index < -0.39 is 5.97 Å². The molecule has 116 valence electrons. The van der Waals surface area contributed by atoms with Crippen molar-refractivity contribution in [2.24, 2.45) is 11.8 Å². The Balaban J connectivity index is 2.40. The molecule has 1 aliphatic rings. The van der Waals surface area contributed by atoms with E-state index in [0.717, 1.165) is 5.92 Å². The van der Waals surface area contributed by atoms with Gasteiger partial charge in [0.2, 0.25) is 0 Å². The van der Waals surface area contributed by atoms with E-state index in [4.69, 9.17) is 5.11 Å². The first-order valence-electron chi connectivity index (χ1n) is 7.70. The third kappa shape index (κ3) is 5.39. The Hall–Kier alpha value is -1.26. The lowest BCUT2D eigenvalue weighted by molar-refractivity contribution is -0.138. The number of carbonyl (C=O) groups is 2. The van der Waals surface area contributed by atoms with Crippen molar-refractivity contribution in [1.29, 1.82) is 0 Å². The van der Waals surface area contributed by atoms with E-state index in [9.17, 15) is 9.59 Å². The second-order valence-electron chi connectivity index (χ2n) is 6.06. The van der Waals surface area contributed by atoms with Crippen molar-refractivity contribution in [2.75, 3.05) is 13.1 Å². The summed E-state index contributed by atoms with van der Waals surface area (Å²) in [6.45, 7) is 7.16. The van der Waals surface area contributed by atoms with Gasteiger partial charge in [0.25, 0.3) is 0 Å². The number of carboxylic acids is 1. The summed E-state index contributed by atoms with van der Waals surface area (Å²) in [7, 11) is 0. The molecule has 0 radical (unpaired) electrons. The molecule has 0 aromatic rings. The van der Waals surface area contributed by atoms with Crippen LogP contribution in [-0.4, -0.2) is 41.1 Å². The number of aliphatic carboxylic acids is 1. The number of carbonyl (C=O) groups excluding carboxylic acids is 1. The number of urea groups is 1. The maximum Gasteiger partial charge on any atom is 0.317 e. The minimum absolute atomic E-state index is 0.0122. The third-order valence-electron chi connectivity index (χ3n) is 4.19. The van der Waals surface area contributed by atoms with Crippen LogP contribution < -0.4 is 5.32 Å². The molecule has 2 amide bonds. The minimum Gasteiger partial charge on any atom is -0.481 e. The van der Waals surface area contributed by atoms with E-state index in [1.807, 2.05) is 6.92 Å². The lowest BCUT2D eigenvalue weighted by Gasteiger charge is -2.30. The highest BCUT2D eigenvalue weighted by Gasteiger charge is 2.23. The minimum atomic E-state index is -0.871. The SMILES string of the molecule is CCN(C(=O)NCC1CCCC(C)C1)C(C)CC(=O)O. The summed E-state index contributed by atoms with van der Waals surface area (Å²) in [6, 6.07) is -0.415. The maximum absolute atomic E-state index is 12.1. The van der Waals surface area contributed by atoms with Crippen LogP contribution in [0.2, 0.25) is 0 Å². The predicted molar refractivity (Wildman–Crippen MR) is 78.6 cm³/mol. The van der Waals surface area contributed by atoms with E-state index in [2.05, 4.69) is 12.2 Å². The molecule has 0 spiro atoms. The first-order valence-corrected chi connectivity index (χ1v) is 7.70. The molecular formula is C15H28N2O3. The van der Waals surface area contributed by atoms with Crippen LogP contribution in [-0.2, 0) is 4.79 Å². The van der Waals surface area contributed by atoms with Gasteiger partial charge in [0.05, 0.1) is 6.42 Å². The van der Waals surface area contributed by atoms with Gasteiger partial charge in [0, 0.05) is 19.1 Å². The first kappa shape index (κ1) is 16.8. The standard InChI is InChI=1S/C15H28N2O3/c1-4-17(12(3)9-14(18)19)15(20)16-10-13-7-5-6-11(2)8-13/h11-13H,4-10H2,1-3H3,(H,16,20)(H,18,19). The molecule has 0 heterocycles. The average molecular weight is 284 g/mol. The topological polar surface area (TPSA) is 69.6 Å². The first-order chi connectivity index (χ1) is 9.43. The number of nitrogens with one attached hydrogen (secondary N) is 1. The molecule has 1 fully saturated rings. The molecule has 5 heteroatoms. The molecule has 20 heavy (non-hydrogen) atoms. The molecule has 3 atom stereocenters. The molecule has 0 saturated heterocycles. The van der Waals surface area contributed by atoms with Gasteiger partial charge in [0.15, 0.2) is 0 Å². The van der Waals surface area contributed by atoms with Crippen LogP contribution in [0.15, 0.2) is 0 Å². The summed E-state index contributed by atoms with van der Waals surface area (Å²) in [6.07, 6.45) is 4.88. The van der Waals surface area contributed by atoms with Crippen molar-refractivity contribution >= 4 is 12.0 Å². The zero-order chi connectivity index (χ0) is 15.1. The fourth-order valence-electron chi connectivity index (χ4n) is 3.10. The largest absolute Gasteiger partial charge is 0.481 e. The van der Waals surface area contributed by atoms with Crippen molar-refractivity contribution in [1.82, 2.24) is 10.2 Å². The van der Waals surface area contributed by atoms with Gasteiger partial charge in [-0.05, 0) is 38.5 Å². The van der Waals surface area contributed by atoms with E-state index in [1.54, 1.807) is 11.8 Å². The second-order valence-corrected chi connectivity index (χ2v) is 6.06. The molecule has 1 rings (SSSR count). The normalized spacial score (nSPS) is 23.9. The Kier molecular flexibility index (Phi) is 6.82. The third-order valence-corrected chi connectivity index (χ3v) is 4.19. The van der Waals surface area contributed by atoms with E-state index in [-0.39, 0.29) is 18.5 Å². The zero-order valence-corrected chi connectivity index (χ0v) is 12.9. The smallest absolute Gasteiger partial charge is 0.317 e. The van der Waals surface area contributed by atoms with Crippen LogP contribution in [0.5, 0.6) is 0 Å². The van der Waals surface area contributed by atoms with Crippen LogP contribution in [0.3, 0.4) is 0 Å². The van der Waals surface area contributed by atoms with Gasteiger partial charge in [0.1, 0.15) is 0 Å². The molecule has 1 saturated carbocycles. The molecule has 0 bridgehead atoms.